The maximum absolute atomic E-state index is 14.2. The molecular weight excluding hydrogens is 294 g/mol. The highest BCUT2D eigenvalue weighted by Gasteiger charge is 2.21. The van der Waals surface area contributed by atoms with Crippen LogP contribution >= 0.6 is 11.6 Å². The second-order valence-corrected chi connectivity index (χ2v) is 5.11. The van der Waals surface area contributed by atoms with Crippen molar-refractivity contribution in [2.45, 2.75) is 18.8 Å². The van der Waals surface area contributed by atoms with Gasteiger partial charge < -0.3 is 4.57 Å². The van der Waals surface area contributed by atoms with Crippen LogP contribution in [0, 0.1) is 11.6 Å². The van der Waals surface area contributed by atoms with E-state index in [1.807, 2.05) is 37.3 Å². The van der Waals surface area contributed by atoms with Crippen molar-refractivity contribution < 1.29 is 8.78 Å². The van der Waals surface area contributed by atoms with Crippen molar-refractivity contribution in [3.8, 4) is 0 Å². The van der Waals surface area contributed by atoms with Crippen molar-refractivity contribution in [2.24, 2.45) is 0 Å². The van der Waals surface area contributed by atoms with E-state index in [4.69, 9.17) is 11.6 Å². The summed E-state index contributed by atoms with van der Waals surface area (Å²) in [6.07, 6.45) is 0. The van der Waals surface area contributed by atoms with Crippen molar-refractivity contribution in [3.63, 3.8) is 0 Å². The predicted molar refractivity (Wildman–Crippen MR) is 79.5 cm³/mol. The molecule has 3 rings (SSSR count). The van der Waals surface area contributed by atoms with Gasteiger partial charge in [-0.3, -0.25) is 0 Å². The molecule has 0 N–H and O–H groups in total. The van der Waals surface area contributed by atoms with Crippen molar-refractivity contribution >= 4 is 22.6 Å². The number of nitrogens with zero attached hydrogens (tertiary/aromatic N) is 2. The summed E-state index contributed by atoms with van der Waals surface area (Å²) in [5.41, 5.74) is 1.54. The van der Waals surface area contributed by atoms with Gasteiger partial charge in [0.25, 0.3) is 0 Å². The topological polar surface area (TPSA) is 17.8 Å². The van der Waals surface area contributed by atoms with Crippen LogP contribution in [0.4, 0.5) is 8.78 Å². The summed E-state index contributed by atoms with van der Waals surface area (Å²) in [6.45, 7) is 1.91. The van der Waals surface area contributed by atoms with Crippen molar-refractivity contribution in [2.75, 3.05) is 0 Å². The predicted octanol–water partition coefficient (Wildman–Crippen LogP) is 4.66. The Hall–Kier alpha value is -1.94. The molecule has 2 nitrogen and oxygen atoms in total. The molecule has 0 aliphatic rings. The fourth-order valence-corrected chi connectivity index (χ4v) is 2.75. The molecule has 3 aromatic rings. The second-order valence-electron chi connectivity index (χ2n) is 4.85. The lowest BCUT2D eigenvalue weighted by Gasteiger charge is -2.17. The Balaban J connectivity index is 2.27. The highest BCUT2D eigenvalue weighted by molar-refractivity contribution is 6.16. The van der Waals surface area contributed by atoms with Gasteiger partial charge in [-0.1, -0.05) is 30.3 Å². The molecule has 0 aliphatic carbocycles. The number of hydrogen-bond acceptors (Lipinski definition) is 1. The zero-order chi connectivity index (χ0) is 15.0. The fourth-order valence-electron chi connectivity index (χ4n) is 2.56. The van der Waals surface area contributed by atoms with E-state index < -0.39 is 11.6 Å². The molecule has 1 unspecified atom stereocenters. The summed E-state index contributed by atoms with van der Waals surface area (Å²) in [5, 5.41) is 0. The number of hydrogen-bond donors (Lipinski definition) is 0. The Labute approximate surface area is 126 Å². The van der Waals surface area contributed by atoms with Crippen LogP contribution in [-0.2, 0) is 5.88 Å². The Morgan fingerprint density at radius 1 is 1.14 bits per heavy atom. The lowest BCUT2D eigenvalue weighted by molar-refractivity contribution is 0.507. The van der Waals surface area contributed by atoms with Gasteiger partial charge in [-0.25, -0.2) is 13.8 Å². The minimum atomic E-state index is -0.890. The molecule has 2 aromatic carbocycles. The van der Waals surface area contributed by atoms with Crippen molar-refractivity contribution in [3.05, 3.63) is 65.5 Å². The fraction of sp³-hybridized carbons (Fsp3) is 0.188. The third kappa shape index (κ3) is 2.29. The molecule has 21 heavy (non-hydrogen) atoms. The number of aromatic nitrogens is 2. The standard InChI is InChI=1S/C16H13ClF2N2/c1-10(11-5-3-2-4-6-11)21-14(9-17)20-13-8-7-12(18)15(19)16(13)21/h2-8,10H,9H2,1H3. The van der Waals surface area contributed by atoms with Crippen LogP contribution < -0.4 is 0 Å². The normalized spacial score (nSPS) is 12.8. The van der Waals surface area contributed by atoms with Crippen LogP contribution in [0.15, 0.2) is 42.5 Å². The second kappa shape index (κ2) is 5.45. The van der Waals surface area contributed by atoms with Crippen molar-refractivity contribution in [1.82, 2.24) is 9.55 Å². The van der Waals surface area contributed by atoms with E-state index in [-0.39, 0.29) is 17.4 Å². The minimum Gasteiger partial charge on any atom is -0.317 e. The Kier molecular flexibility index (Phi) is 3.64. The van der Waals surface area contributed by atoms with Gasteiger partial charge in [0, 0.05) is 0 Å². The first-order valence-corrected chi connectivity index (χ1v) is 7.12. The van der Waals surface area contributed by atoms with E-state index >= 15 is 0 Å². The van der Waals surface area contributed by atoms with E-state index in [1.165, 1.54) is 6.07 Å². The van der Waals surface area contributed by atoms with Crippen LogP contribution in [0.5, 0.6) is 0 Å². The molecule has 0 saturated heterocycles. The van der Waals surface area contributed by atoms with Crippen LogP contribution in [0.1, 0.15) is 24.4 Å². The van der Waals surface area contributed by atoms with Crippen LogP contribution in [0.2, 0.25) is 0 Å². The number of alkyl halides is 1. The average molecular weight is 307 g/mol. The molecule has 0 aliphatic heterocycles. The largest absolute Gasteiger partial charge is 0.317 e. The third-order valence-electron chi connectivity index (χ3n) is 3.61. The van der Waals surface area contributed by atoms with Gasteiger partial charge in [0.1, 0.15) is 11.3 Å². The van der Waals surface area contributed by atoms with Gasteiger partial charge in [-0.2, -0.15) is 0 Å². The summed E-state index contributed by atoms with van der Waals surface area (Å²) >= 11 is 5.93. The highest BCUT2D eigenvalue weighted by Crippen LogP contribution is 2.29. The highest BCUT2D eigenvalue weighted by atomic mass is 35.5. The van der Waals surface area contributed by atoms with Gasteiger partial charge >= 0.3 is 0 Å². The minimum absolute atomic E-state index is 0.132. The van der Waals surface area contributed by atoms with Crippen LogP contribution in [0.25, 0.3) is 11.0 Å². The molecule has 1 aromatic heterocycles. The van der Waals surface area contributed by atoms with Gasteiger partial charge in [-0.05, 0) is 24.6 Å². The van der Waals surface area contributed by atoms with E-state index in [0.717, 1.165) is 11.6 Å². The maximum atomic E-state index is 14.2. The molecule has 0 spiro atoms. The van der Waals surface area contributed by atoms with E-state index in [0.29, 0.717) is 11.3 Å². The molecule has 1 atom stereocenters. The first-order valence-electron chi connectivity index (χ1n) is 6.59. The zero-order valence-electron chi connectivity index (χ0n) is 11.4. The van der Waals surface area contributed by atoms with Gasteiger partial charge in [-0.15, -0.1) is 11.6 Å². The lowest BCUT2D eigenvalue weighted by atomic mass is 10.1. The molecule has 0 bridgehead atoms. The number of fused-ring (bicyclic) bond motifs is 1. The van der Waals surface area contributed by atoms with E-state index in [9.17, 15) is 8.78 Å². The number of benzene rings is 2. The van der Waals surface area contributed by atoms with E-state index in [2.05, 4.69) is 4.98 Å². The molecular formula is C16H13ClF2N2. The third-order valence-corrected chi connectivity index (χ3v) is 3.84. The molecule has 0 saturated carbocycles. The zero-order valence-corrected chi connectivity index (χ0v) is 12.1. The molecule has 0 radical (unpaired) electrons. The Morgan fingerprint density at radius 3 is 2.52 bits per heavy atom. The summed E-state index contributed by atoms with van der Waals surface area (Å²) in [7, 11) is 0. The van der Waals surface area contributed by atoms with Gasteiger partial charge in [0.2, 0.25) is 0 Å². The SMILES string of the molecule is CC(c1ccccc1)n1c(CCl)nc2ccc(F)c(F)c21. The van der Waals surface area contributed by atoms with Gasteiger partial charge in [0.15, 0.2) is 11.6 Å². The lowest BCUT2D eigenvalue weighted by Crippen LogP contribution is -2.11. The van der Waals surface area contributed by atoms with Crippen molar-refractivity contribution in [1.29, 1.82) is 0 Å². The maximum Gasteiger partial charge on any atom is 0.184 e. The number of rotatable bonds is 3. The molecule has 5 heteroatoms. The molecule has 108 valence electrons. The smallest absolute Gasteiger partial charge is 0.184 e. The summed E-state index contributed by atoms with van der Waals surface area (Å²) in [5.74, 6) is -1.12. The molecule has 0 amide bonds. The van der Waals surface area contributed by atoms with Crippen LogP contribution in [-0.4, -0.2) is 9.55 Å². The first-order chi connectivity index (χ1) is 10.1. The first kappa shape index (κ1) is 14.0. The Morgan fingerprint density at radius 2 is 1.86 bits per heavy atom. The molecule has 1 heterocycles. The summed E-state index contributed by atoms with van der Waals surface area (Å²) in [6, 6.07) is 12.0. The summed E-state index contributed by atoms with van der Waals surface area (Å²) < 4.78 is 29.4. The van der Waals surface area contributed by atoms with Gasteiger partial charge in [0.05, 0.1) is 17.4 Å². The van der Waals surface area contributed by atoms with E-state index in [1.54, 1.807) is 4.57 Å². The van der Waals surface area contributed by atoms with Crippen LogP contribution in [0.3, 0.4) is 0 Å². The average Bonchev–Trinajstić information content (AvgIpc) is 2.90. The number of halogens is 3. The number of imidazole rings is 1. The summed E-state index contributed by atoms with van der Waals surface area (Å²) in [4.78, 5) is 4.30. The monoisotopic (exact) mass is 306 g/mol. The Bertz CT molecular complexity index is 784. The molecule has 0 fully saturated rings. The quantitative estimate of drug-likeness (QED) is 0.643.